The molecule has 1 aromatic heterocycles. The number of nitrogens with one attached hydrogen (secondary N) is 1. The van der Waals surface area contributed by atoms with E-state index in [0.717, 1.165) is 5.56 Å². The van der Waals surface area contributed by atoms with E-state index < -0.39 is 12.7 Å². The van der Waals surface area contributed by atoms with Crippen LogP contribution < -0.4 is 0 Å². The molecule has 14 heavy (non-hydrogen) atoms. The zero-order valence-corrected chi connectivity index (χ0v) is 7.93. The second-order valence-electron chi connectivity index (χ2n) is 3.32. The van der Waals surface area contributed by atoms with Gasteiger partial charge in [-0.2, -0.15) is 13.2 Å². The molecular weight excluding hydrogens is 193 g/mol. The minimum atomic E-state index is -4.10. The molecule has 0 bridgehead atoms. The molecule has 1 aromatic rings. The first-order chi connectivity index (χ1) is 6.47. The Morgan fingerprint density at radius 3 is 2.64 bits per heavy atom. The molecule has 0 radical (unpaired) electrons. The van der Waals surface area contributed by atoms with E-state index in [4.69, 9.17) is 0 Å². The Kier molecular flexibility index (Phi) is 3.57. The molecule has 1 N–H and O–H groups in total. The quantitative estimate of drug-likeness (QED) is 0.798. The van der Waals surface area contributed by atoms with Crippen LogP contribution in [0.5, 0.6) is 0 Å². The van der Waals surface area contributed by atoms with Crippen molar-refractivity contribution in [3.05, 3.63) is 24.0 Å². The Hall–Kier alpha value is -0.970. The summed E-state index contributed by atoms with van der Waals surface area (Å²) in [6.07, 6.45) is 0.0868. The largest absolute Gasteiger partial charge is 0.401 e. The predicted molar refractivity (Wildman–Crippen MR) is 48.0 cm³/mol. The van der Waals surface area contributed by atoms with Gasteiger partial charge < -0.3 is 4.98 Å². The Bertz CT molecular complexity index is 254. The van der Waals surface area contributed by atoms with Crippen molar-refractivity contribution in [3.8, 4) is 0 Å². The molecule has 0 aliphatic heterocycles. The minimum Gasteiger partial charge on any atom is -0.367 e. The summed E-state index contributed by atoms with van der Waals surface area (Å²) >= 11 is 0. The zero-order chi connectivity index (χ0) is 10.6. The van der Waals surface area contributed by atoms with E-state index in [0.29, 0.717) is 13.0 Å². The monoisotopic (exact) mass is 206 g/mol. The lowest BCUT2D eigenvalue weighted by atomic mass is 10.2. The zero-order valence-electron chi connectivity index (χ0n) is 7.93. The molecule has 0 aliphatic rings. The Morgan fingerprint density at radius 2 is 2.14 bits per heavy atom. The van der Waals surface area contributed by atoms with Crippen LogP contribution in [-0.2, 0) is 6.42 Å². The van der Waals surface area contributed by atoms with Crippen molar-refractivity contribution in [1.82, 2.24) is 9.88 Å². The summed E-state index contributed by atoms with van der Waals surface area (Å²) in [6.45, 7) is -0.436. The van der Waals surface area contributed by atoms with E-state index in [2.05, 4.69) is 4.98 Å². The number of aromatic nitrogens is 1. The predicted octanol–water partition coefficient (Wildman–Crippen LogP) is 2.05. The molecule has 5 heteroatoms. The van der Waals surface area contributed by atoms with Crippen molar-refractivity contribution < 1.29 is 13.2 Å². The van der Waals surface area contributed by atoms with Crippen LogP contribution in [-0.4, -0.2) is 36.2 Å². The van der Waals surface area contributed by atoms with Crippen LogP contribution >= 0.6 is 0 Å². The lowest BCUT2D eigenvalue weighted by Gasteiger charge is -2.17. The van der Waals surface area contributed by atoms with Gasteiger partial charge in [-0.3, -0.25) is 4.90 Å². The molecule has 0 saturated heterocycles. The van der Waals surface area contributed by atoms with E-state index in [1.165, 1.54) is 11.9 Å². The van der Waals surface area contributed by atoms with Crippen LogP contribution in [0.25, 0.3) is 0 Å². The first-order valence-corrected chi connectivity index (χ1v) is 4.34. The van der Waals surface area contributed by atoms with E-state index in [9.17, 15) is 13.2 Å². The first kappa shape index (κ1) is 11.1. The number of likely N-dealkylation sites (N-methyl/N-ethyl adjacent to an activating group) is 1. The Balaban J connectivity index is 2.25. The van der Waals surface area contributed by atoms with Gasteiger partial charge in [0.25, 0.3) is 0 Å². The minimum absolute atomic E-state index is 0.414. The lowest BCUT2D eigenvalue weighted by Crippen LogP contribution is -2.32. The first-order valence-electron chi connectivity index (χ1n) is 4.34. The third-order valence-electron chi connectivity index (χ3n) is 1.89. The van der Waals surface area contributed by atoms with E-state index in [-0.39, 0.29) is 0 Å². The molecule has 0 amide bonds. The van der Waals surface area contributed by atoms with Gasteiger partial charge in [-0.1, -0.05) is 0 Å². The second-order valence-corrected chi connectivity index (χ2v) is 3.32. The number of H-pyrrole nitrogens is 1. The number of nitrogens with zero attached hydrogens (tertiary/aromatic N) is 1. The number of aromatic amines is 1. The van der Waals surface area contributed by atoms with Gasteiger partial charge in [0.2, 0.25) is 0 Å². The summed E-state index contributed by atoms with van der Waals surface area (Å²) < 4.78 is 35.8. The van der Waals surface area contributed by atoms with Crippen LogP contribution in [0.1, 0.15) is 5.56 Å². The average molecular weight is 206 g/mol. The van der Waals surface area contributed by atoms with Gasteiger partial charge in [0.1, 0.15) is 0 Å². The number of halogens is 3. The van der Waals surface area contributed by atoms with E-state index in [1.807, 2.05) is 6.07 Å². The summed E-state index contributed by atoms with van der Waals surface area (Å²) in [5.74, 6) is 0. The van der Waals surface area contributed by atoms with Crippen molar-refractivity contribution in [3.63, 3.8) is 0 Å². The third kappa shape index (κ3) is 4.32. The maximum absolute atomic E-state index is 11.9. The van der Waals surface area contributed by atoms with Crippen LogP contribution in [0.15, 0.2) is 18.5 Å². The Morgan fingerprint density at radius 1 is 1.43 bits per heavy atom. The smallest absolute Gasteiger partial charge is 0.367 e. The van der Waals surface area contributed by atoms with Crippen LogP contribution in [0.3, 0.4) is 0 Å². The fourth-order valence-electron chi connectivity index (χ4n) is 1.22. The number of hydrogen-bond donors (Lipinski definition) is 1. The molecule has 2 nitrogen and oxygen atoms in total. The van der Waals surface area contributed by atoms with Gasteiger partial charge in [-0.25, -0.2) is 0 Å². The fourth-order valence-corrected chi connectivity index (χ4v) is 1.22. The number of rotatable bonds is 4. The maximum atomic E-state index is 11.9. The molecule has 1 rings (SSSR count). The van der Waals surface area contributed by atoms with E-state index in [1.54, 1.807) is 12.4 Å². The van der Waals surface area contributed by atoms with Gasteiger partial charge in [0.15, 0.2) is 0 Å². The van der Waals surface area contributed by atoms with Crippen LogP contribution in [0.4, 0.5) is 13.2 Å². The van der Waals surface area contributed by atoms with Crippen molar-refractivity contribution in [2.45, 2.75) is 12.6 Å². The SMILES string of the molecule is CN(CCc1cc[nH]c1)CC(F)(F)F. The lowest BCUT2D eigenvalue weighted by molar-refractivity contribution is -0.142. The molecule has 0 saturated carbocycles. The van der Waals surface area contributed by atoms with Gasteiger partial charge in [0.05, 0.1) is 6.54 Å². The molecular formula is C9H13F3N2. The second kappa shape index (κ2) is 4.50. The summed E-state index contributed by atoms with van der Waals surface area (Å²) in [4.78, 5) is 4.13. The number of hydrogen-bond acceptors (Lipinski definition) is 1. The maximum Gasteiger partial charge on any atom is 0.401 e. The van der Waals surface area contributed by atoms with Crippen molar-refractivity contribution in [2.75, 3.05) is 20.1 Å². The molecule has 1 heterocycles. The highest BCUT2D eigenvalue weighted by Crippen LogP contribution is 2.15. The molecule has 0 spiro atoms. The standard InChI is InChI=1S/C9H13F3N2/c1-14(7-9(10,11)12)5-3-8-2-4-13-6-8/h2,4,6,13H,3,5,7H2,1H3. The highest BCUT2D eigenvalue weighted by molar-refractivity contribution is 5.08. The third-order valence-corrected chi connectivity index (χ3v) is 1.89. The molecule has 0 atom stereocenters. The highest BCUT2D eigenvalue weighted by Gasteiger charge is 2.28. The molecule has 0 aliphatic carbocycles. The van der Waals surface area contributed by atoms with Gasteiger partial charge >= 0.3 is 6.18 Å². The topological polar surface area (TPSA) is 19.0 Å². The normalized spacial score (nSPS) is 12.4. The highest BCUT2D eigenvalue weighted by atomic mass is 19.4. The Labute approximate surface area is 80.7 Å². The van der Waals surface area contributed by atoms with Gasteiger partial charge in [-0.05, 0) is 25.1 Å². The van der Waals surface area contributed by atoms with Crippen molar-refractivity contribution in [2.24, 2.45) is 0 Å². The average Bonchev–Trinajstić information content (AvgIpc) is 2.49. The summed E-state index contributed by atoms with van der Waals surface area (Å²) in [5, 5.41) is 0. The van der Waals surface area contributed by atoms with Crippen LogP contribution in [0, 0.1) is 0 Å². The molecule has 0 aromatic carbocycles. The van der Waals surface area contributed by atoms with Crippen LogP contribution in [0.2, 0.25) is 0 Å². The molecule has 80 valence electrons. The summed E-state index contributed by atoms with van der Waals surface area (Å²) in [7, 11) is 1.47. The van der Waals surface area contributed by atoms with Gasteiger partial charge in [0, 0.05) is 18.9 Å². The van der Waals surface area contributed by atoms with Gasteiger partial charge in [-0.15, -0.1) is 0 Å². The van der Waals surface area contributed by atoms with E-state index >= 15 is 0 Å². The molecule has 0 unspecified atom stereocenters. The van der Waals surface area contributed by atoms with Crippen molar-refractivity contribution >= 4 is 0 Å². The summed E-state index contributed by atoms with van der Waals surface area (Å²) in [6, 6.07) is 1.86. The number of alkyl halides is 3. The molecule has 0 fully saturated rings. The summed E-state index contributed by atoms with van der Waals surface area (Å²) in [5.41, 5.74) is 1.03. The fraction of sp³-hybridized carbons (Fsp3) is 0.556. The van der Waals surface area contributed by atoms with Crippen molar-refractivity contribution in [1.29, 1.82) is 0 Å².